The molecule has 0 amide bonds. The number of halogens is 1. The Labute approximate surface area is 112 Å². The highest BCUT2D eigenvalue weighted by Crippen LogP contribution is 2.25. The highest BCUT2D eigenvalue weighted by molar-refractivity contribution is 7.10. The Morgan fingerprint density at radius 3 is 3.12 bits per heavy atom. The van der Waals surface area contributed by atoms with Crippen molar-refractivity contribution >= 4 is 22.9 Å². The fourth-order valence-electron chi connectivity index (χ4n) is 2.05. The zero-order valence-corrected chi connectivity index (χ0v) is 11.4. The molecule has 0 aromatic carbocycles. The Hall–Kier alpha value is -0.830. The van der Waals surface area contributed by atoms with E-state index < -0.39 is 0 Å². The molecule has 1 nitrogen and oxygen atoms in total. The van der Waals surface area contributed by atoms with Gasteiger partial charge in [-0.3, -0.25) is 4.90 Å². The number of hydrogen-bond donors (Lipinski definition) is 0. The molecule has 0 aliphatic carbocycles. The maximum absolute atomic E-state index is 5.99. The summed E-state index contributed by atoms with van der Waals surface area (Å²) in [6.45, 7) is 10.5. The molecule has 2 heterocycles. The molecular formula is C14H16ClNS. The summed E-state index contributed by atoms with van der Waals surface area (Å²) in [6, 6.07) is 2.22. The van der Waals surface area contributed by atoms with E-state index in [-0.39, 0.29) is 0 Å². The van der Waals surface area contributed by atoms with Crippen LogP contribution < -0.4 is 0 Å². The molecule has 0 radical (unpaired) electrons. The molecule has 0 spiro atoms. The van der Waals surface area contributed by atoms with E-state index in [0.29, 0.717) is 5.03 Å². The van der Waals surface area contributed by atoms with Crippen LogP contribution in [0.2, 0.25) is 0 Å². The number of hydrogen-bond acceptors (Lipinski definition) is 2. The molecule has 0 bridgehead atoms. The topological polar surface area (TPSA) is 3.24 Å². The summed E-state index contributed by atoms with van der Waals surface area (Å²) < 4.78 is 0. The van der Waals surface area contributed by atoms with Crippen molar-refractivity contribution in [1.29, 1.82) is 0 Å². The van der Waals surface area contributed by atoms with Crippen LogP contribution in [0.3, 0.4) is 0 Å². The van der Waals surface area contributed by atoms with Crippen molar-refractivity contribution < 1.29 is 0 Å². The normalized spacial score (nSPS) is 16.6. The molecule has 0 saturated heterocycles. The van der Waals surface area contributed by atoms with E-state index >= 15 is 0 Å². The van der Waals surface area contributed by atoms with Gasteiger partial charge in [0.15, 0.2) is 0 Å². The van der Waals surface area contributed by atoms with Gasteiger partial charge >= 0.3 is 0 Å². The smallest absolute Gasteiger partial charge is 0.0379 e. The summed E-state index contributed by atoms with van der Waals surface area (Å²) in [5, 5.41) is 2.79. The first-order valence-electron chi connectivity index (χ1n) is 5.64. The number of nitrogens with zero attached hydrogens (tertiary/aromatic N) is 1. The van der Waals surface area contributed by atoms with E-state index in [1.54, 1.807) is 6.08 Å². The van der Waals surface area contributed by atoms with Crippen molar-refractivity contribution in [2.45, 2.75) is 13.0 Å². The van der Waals surface area contributed by atoms with Gasteiger partial charge in [-0.05, 0) is 29.0 Å². The van der Waals surface area contributed by atoms with Gasteiger partial charge in [-0.2, -0.15) is 0 Å². The van der Waals surface area contributed by atoms with Crippen LogP contribution in [0, 0.1) is 0 Å². The average molecular weight is 266 g/mol. The summed E-state index contributed by atoms with van der Waals surface area (Å²) in [5.41, 5.74) is 2.51. The van der Waals surface area contributed by atoms with Gasteiger partial charge in [0.2, 0.25) is 0 Å². The lowest BCUT2D eigenvalue weighted by Crippen LogP contribution is -2.31. The lowest BCUT2D eigenvalue weighted by Gasteiger charge is -2.27. The molecule has 0 atom stereocenters. The van der Waals surface area contributed by atoms with E-state index in [1.807, 2.05) is 17.4 Å². The lowest BCUT2D eigenvalue weighted by molar-refractivity contribution is 0.279. The average Bonchev–Trinajstić information content (AvgIpc) is 2.75. The van der Waals surface area contributed by atoms with Gasteiger partial charge < -0.3 is 0 Å². The van der Waals surface area contributed by atoms with Crippen LogP contribution in [-0.2, 0) is 13.0 Å². The summed E-state index contributed by atoms with van der Waals surface area (Å²) in [5.74, 6) is 0. The first-order valence-corrected chi connectivity index (χ1v) is 6.90. The molecule has 1 aromatic heterocycles. The summed E-state index contributed by atoms with van der Waals surface area (Å²) in [4.78, 5) is 3.93. The first-order chi connectivity index (χ1) is 8.20. The predicted molar refractivity (Wildman–Crippen MR) is 76.6 cm³/mol. The number of fused-ring (bicyclic) bond motifs is 1. The Morgan fingerprint density at radius 1 is 1.59 bits per heavy atom. The summed E-state index contributed by atoms with van der Waals surface area (Å²) in [6.07, 6.45) is 4.85. The van der Waals surface area contributed by atoms with Crippen molar-refractivity contribution in [2.75, 3.05) is 13.1 Å². The van der Waals surface area contributed by atoms with Crippen LogP contribution >= 0.6 is 22.9 Å². The Kier molecular flexibility index (Phi) is 4.21. The van der Waals surface area contributed by atoms with Crippen LogP contribution in [0.15, 0.2) is 47.4 Å². The van der Waals surface area contributed by atoms with E-state index in [0.717, 1.165) is 31.6 Å². The molecule has 17 heavy (non-hydrogen) atoms. The largest absolute Gasteiger partial charge is 0.294 e. The van der Waals surface area contributed by atoms with Crippen molar-refractivity contribution in [3.8, 4) is 0 Å². The Balaban J connectivity index is 2.04. The van der Waals surface area contributed by atoms with E-state index in [4.69, 9.17) is 11.6 Å². The second kappa shape index (κ2) is 5.67. The Bertz CT molecular complexity index is 459. The number of thiophene rings is 1. The molecule has 2 rings (SSSR count). The lowest BCUT2D eigenvalue weighted by atomic mass is 10.1. The fourth-order valence-corrected chi connectivity index (χ4v) is 3.07. The molecule has 1 aromatic rings. The SMILES string of the molecule is C=C/C=C(/CN1CCc2sccc2C1)C(=C)Cl. The van der Waals surface area contributed by atoms with Gasteiger partial charge in [0.1, 0.15) is 0 Å². The van der Waals surface area contributed by atoms with Gasteiger partial charge in [0.05, 0.1) is 0 Å². The Morgan fingerprint density at radius 2 is 2.41 bits per heavy atom. The van der Waals surface area contributed by atoms with Gasteiger partial charge in [-0.25, -0.2) is 0 Å². The second-order valence-corrected chi connectivity index (χ2v) is 5.62. The first kappa shape index (κ1) is 12.6. The zero-order chi connectivity index (χ0) is 12.3. The van der Waals surface area contributed by atoms with Gasteiger partial charge in [-0.15, -0.1) is 11.3 Å². The molecule has 0 fully saturated rings. The van der Waals surface area contributed by atoms with Gasteiger partial charge in [0.25, 0.3) is 0 Å². The minimum Gasteiger partial charge on any atom is -0.294 e. The standard InChI is InChI=1S/C14H16ClNS/c1-3-4-12(11(2)15)9-16-7-5-14-13(10-16)6-8-17-14/h3-4,6,8H,1-2,5,7,9-10H2/b12-4-. The van der Waals surface area contributed by atoms with Crippen LogP contribution in [0.1, 0.15) is 10.4 Å². The second-order valence-electron chi connectivity index (χ2n) is 4.16. The predicted octanol–water partition coefficient (Wildman–Crippen LogP) is 3.97. The zero-order valence-electron chi connectivity index (χ0n) is 9.79. The number of rotatable bonds is 4. The highest BCUT2D eigenvalue weighted by atomic mass is 35.5. The third-order valence-electron chi connectivity index (χ3n) is 2.95. The molecule has 0 saturated carbocycles. The van der Waals surface area contributed by atoms with Crippen molar-refractivity contribution in [2.24, 2.45) is 0 Å². The van der Waals surface area contributed by atoms with Crippen molar-refractivity contribution in [1.82, 2.24) is 4.90 Å². The monoisotopic (exact) mass is 265 g/mol. The molecule has 90 valence electrons. The van der Waals surface area contributed by atoms with Crippen LogP contribution in [0.5, 0.6) is 0 Å². The summed E-state index contributed by atoms with van der Waals surface area (Å²) >= 11 is 7.85. The van der Waals surface area contributed by atoms with Gasteiger partial charge in [-0.1, -0.05) is 36.9 Å². The number of allylic oxidation sites excluding steroid dienone is 2. The molecule has 0 N–H and O–H groups in total. The van der Waals surface area contributed by atoms with Crippen LogP contribution in [0.25, 0.3) is 0 Å². The van der Waals surface area contributed by atoms with Crippen molar-refractivity contribution in [3.05, 3.63) is 57.8 Å². The molecule has 1 aliphatic heterocycles. The minimum absolute atomic E-state index is 0.612. The summed E-state index contributed by atoms with van der Waals surface area (Å²) in [7, 11) is 0. The quantitative estimate of drug-likeness (QED) is 0.745. The molecule has 0 unspecified atom stereocenters. The molecule has 1 aliphatic rings. The maximum atomic E-state index is 5.99. The minimum atomic E-state index is 0.612. The third kappa shape index (κ3) is 3.09. The van der Waals surface area contributed by atoms with Crippen LogP contribution in [0.4, 0.5) is 0 Å². The van der Waals surface area contributed by atoms with E-state index in [2.05, 4.69) is 29.5 Å². The molecular weight excluding hydrogens is 250 g/mol. The molecule has 3 heteroatoms. The highest BCUT2D eigenvalue weighted by Gasteiger charge is 2.18. The third-order valence-corrected chi connectivity index (χ3v) is 4.21. The maximum Gasteiger partial charge on any atom is 0.0379 e. The van der Waals surface area contributed by atoms with Crippen LogP contribution in [-0.4, -0.2) is 18.0 Å². The fraction of sp³-hybridized carbons (Fsp3) is 0.286. The van der Waals surface area contributed by atoms with Gasteiger partial charge in [0, 0.05) is 29.5 Å². The van der Waals surface area contributed by atoms with Crippen molar-refractivity contribution in [3.63, 3.8) is 0 Å². The van der Waals surface area contributed by atoms with E-state index in [9.17, 15) is 0 Å². The van der Waals surface area contributed by atoms with E-state index in [1.165, 1.54) is 10.4 Å².